The Morgan fingerprint density at radius 3 is 1.63 bits per heavy atom. The lowest BCUT2D eigenvalue weighted by Gasteiger charge is -2.13. The average Bonchev–Trinajstić information content (AvgIpc) is 3.42. The third-order valence-electron chi connectivity index (χ3n) is 6.12. The summed E-state index contributed by atoms with van der Waals surface area (Å²) < 4.78 is 77.1. The number of rotatable bonds is 5. The molecule has 0 unspecified atom stereocenters. The van der Waals surface area contributed by atoms with Crippen molar-refractivity contribution in [1.29, 1.82) is 0 Å². The molecule has 0 radical (unpaired) electrons. The maximum atomic E-state index is 12.8. The minimum absolute atomic E-state index is 0.245. The summed E-state index contributed by atoms with van der Waals surface area (Å²) in [5.41, 5.74) is 5.83. The highest BCUT2D eigenvalue weighted by Gasteiger charge is 2.31. The maximum Gasteiger partial charge on any atom is 0.416 e. The molecule has 0 aromatic heterocycles. The van der Waals surface area contributed by atoms with Crippen LogP contribution in [0, 0.1) is 5.92 Å². The molecule has 3 aromatic carbocycles. The Hall–Kier alpha value is -3.37. The van der Waals surface area contributed by atoms with Crippen molar-refractivity contribution in [3.63, 3.8) is 0 Å². The zero-order valence-corrected chi connectivity index (χ0v) is 20.7. The van der Waals surface area contributed by atoms with Gasteiger partial charge in [-0.05, 0) is 104 Å². The molecule has 1 amide bonds. The molecule has 3 aromatic rings. The van der Waals surface area contributed by atoms with Crippen molar-refractivity contribution >= 4 is 5.91 Å². The molecular weight excluding hydrogens is 508 g/mol. The first-order chi connectivity index (χ1) is 17.9. The van der Waals surface area contributed by atoms with E-state index in [0.29, 0.717) is 28.8 Å². The van der Waals surface area contributed by atoms with Crippen molar-refractivity contribution in [3.8, 4) is 22.3 Å². The second kappa shape index (κ2) is 12.4. The Kier molecular flexibility index (Phi) is 9.56. The highest BCUT2D eigenvalue weighted by molar-refractivity contribution is 5.97. The predicted molar refractivity (Wildman–Crippen MR) is 135 cm³/mol. The zero-order valence-electron chi connectivity index (χ0n) is 20.7. The maximum absolute atomic E-state index is 12.8. The largest absolute Gasteiger partial charge is 0.416 e. The molecule has 1 aliphatic heterocycles. The number of hydrogen-bond donors (Lipinski definition) is 3. The molecule has 0 bridgehead atoms. The molecule has 1 saturated heterocycles. The van der Waals surface area contributed by atoms with Crippen LogP contribution in [-0.2, 0) is 12.4 Å². The van der Waals surface area contributed by atoms with E-state index in [4.69, 9.17) is 5.73 Å². The highest BCUT2D eigenvalue weighted by Crippen LogP contribution is 2.34. The van der Waals surface area contributed by atoms with E-state index in [0.717, 1.165) is 43.3 Å². The molecule has 0 spiro atoms. The Morgan fingerprint density at radius 2 is 1.32 bits per heavy atom. The van der Waals surface area contributed by atoms with Crippen LogP contribution >= 0.6 is 0 Å². The summed E-state index contributed by atoms with van der Waals surface area (Å²) in [5.74, 6) is 0.365. The zero-order chi connectivity index (χ0) is 27.9. The van der Waals surface area contributed by atoms with Crippen molar-refractivity contribution in [2.24, 2.45) is 11.7 Å². The van der Waals surface area contributed by atoms with E-state index in [9.17, 15) is 31.1 Å². The first-order valence-electron chi connectivity index (χ1n) is 12.1. The average molecular weight is 538 g/mol. The van der Waals surface area contributed by atoms with Crippen molar-refractivity contribution in [1.82, 2.24) is 10.6 Å². The summed E-state index contributed by atoms with van der Waals surface area (Å²) in [7, 11) is 0. The van der Waals surface area contributed by atoms with Crippen LogP contribution in [0.2, 0.25) is 0 Å². The van der Waals surface area contributed by atoms with Gasteiger partial charge < -0.3 is 16.4 Å². The number of alkyl halides is 6. The summed E-state index contributed by atoms with van der Waals surface area (Å²) >= 11 is 0. The topological polar surface area (TPSA) is 67.2 Å². The second-order valence-corrected chi connectivity index (χ2v) is 8.90. The number of benzene rings is 3. The fraction of sp³-hybridized carbons (Fsp3) is 0.321. The molecule has 4 rings (SSSR count). The molecule has 38 heavy (non-hydrogen) atoms. The molecule has 0 aliphatic carbocycles. The minimum Gasteiger partial charge on any atom is -0.352 e. The van der Waals surface area contributed by atoms with E-state index < -0.39 is 29.4 Å². The summed E-state index contributed by atoms with van der Waals surface area (Å²) in [6, 6.07) is 13.6. The Bertz CT molecular complexity index is 1120. The molecule has 204 valence electrons. The van der Waals surface area contributed by atoms with Gasteiger partial charge in [-0.15, -0.1) is 0 Å². The predicted octanol–water partition coefficient (Wildman–Crippen LogP) is 6.36. The van der Waals surface area contributed by atoms with E-state index in [-0.39, 0.29) is 5.56 Å². The molecule has 1 aliphatic rings. The lowest BCUT2D eigenvalue weighted by atomic mass is 9.95. The highest BCUT2D eigenvalue weighted by atomic mass is 19.4. The third kappa shape index (κ3) is 7.82. The molecule has 0 saturated carbocycles. The van der Waals surface area contributed by atoms with Crippen LogP contribution in [0.4, 0.5) is 26.3 Å². The van der Waals surface area contributed by atoms with Gasteiger partial charge in [0, 0.05) is 12.1 Å². The smallest absolute Gasteiger partial charge is 0.352 e. The first-order valence-corrected chi connectivity index (χ1v) is 12.1. The normalized spacial score (nSPS) is 15.5. The van der Waals surface area contributed by atoms with E-state index in [2.05, 4.69) is 10.6 Å². The van der Waals surface area contributed by atoms with Gasteiger partial charge in [0.05, 0.1) is 11.1 Å². The van der Waals surface area contributed by atoms with Gasteiger partial charge in [0.25, 0.3) is 5.91 Å². The Labute approximate surface area is 217 Å². The number of halogens is 6. The minimum atomic E-state index is -4.48. The van der Waals surface area contributed by atoms with Gasteiger partial charge in [-0.2, -0.15) is 26.3 Å². The number of nitrogens with two attached hydrogens (primary N) is 1. The molecule has 10 heteroatoms. The van der Waals surface area contributed by atoms with Gasteiger partial charge in [0.15, 0.2) is 0 Å². The fourth-order valence-electron chi connectivity index (χ4n) is 3.97. The van der Waals surface area contributed by atoms with Crippen LogP contribution in [0.15, 0.2) is 66.7 Å². The van der Waals surface area contributed by atoms with Crippen LogP contribution in [0.5, 0.6) is 0 Å². The fourth-order valence-corrected chi connectivity index (χ4v) is 3.97. The van der Waals surface area contributed by atoms with E-state index >= 15 is 0 Å². The van der Waals surface area contributed by atoms with Crippen LogP contribution in [0.3, 0.4) is 0 Å². The number of nitrogens with one attached hydrogen (secondary N) is 2. The SMILES string of the molecule is CCNC(=O)c1cc(-c2ccc(C(F)(F)F)cc2)cc(-c2ccc(C(F)(F)F)cc2)c1.NC[C@H]1CCNC1. The standard InChI is InChI=1S/C23H17F6NO.C5H12N2/c1-2-30-21(31)18-12-16(14-3-7-19(8-4-14)22(24,25)26)11-17(13-18)15-5-9-20(10-6-15)23(27,28)29;6-3-5-1-2-7-4-5/h3-13H,2H2,1H3,(H,30,31);5,7H,1-4,6H2/t;5-/m.1/s1. The molecule has 1 fully saturated rings. The van der Waals surface area contributed by atoms with Crippen molar-refractivity contribution < 1.29 is 31.1 Å². The van der Waals surface area contributed by atoms with E-state index in [1.807, 2.05) is 0 Å². The Morgan fingerprint density at radius 1 is 0.842 bits per heavy atom. The summed E-state index contributed by atoms with van der Waals surface area (Å²) in [4.78, 5) is 12.4. The third-order valence-corrected chi connectivity index (χ3v) is 6.12. The monoisotopic (exact) mass is 537 g/mol. The van der Waals surface area contributed by atoms with E-state index in [1.54, 1.807) is 13.0 Å². The van der Waals surface area contributed by atoms with Crippen molar-refractivity contribution in [3.05, 3.63) is 83.4 Å². The number of carbonyl (C=O) groups is 1. The quantitative estimate of drug-likeness (QED) is 0.332. The molecule has 1 heterocycles. The van der Waals surface area contributed by atoms with Gasteiger partial charge in [-0.25, -0.2) is 0 Å². The number of amides is 1. The van der Waals surface area contributed by atoms with Gasteiger partial charge in [0.1, 0.15) is 0 Å². The van der Waals surface area contributed by atoms with Crippen molar-refractivity contribution in [2.45, 2.75) is 25.7 Å². The molecular formula is C28H29F6N3O. The lowest BCUT2D eigenvalue weighted by molar-refractivity contribution is -0.138. The van der Waals surface area contributed by atoms with Crippen LogP contribution in [0.1, 0.15) is 34.8 Å². The summed E-state index contributed by atoms with van der Waals surface area (Å²) in [6.45, 7) is 5.25. The van der Waals surface area contributed by atoms with Gasteiger partial charge >= 0.3 is 12.4 Å². The van der Waals surface area contributed by atoms with Gasteiger partial charge in [0.2, 0.25) is 0 Å². The van der Waals surface area contributed by atoms with Gasteiger partial charge in [-0.1, -0.05) is 24.3 Å². The number of carbonyl (C=O) groups excluding carboxylic acids is 1. The molecule has 1 atom stereocenters. The summed E-state index contributed by atoms with van der Waals surface area (Å²) in [6.07, 6.45) is -7.68. The van der Waals surface area contributed by atoms with E-state index in [1.165, 1.54) is 49.4 Å². The second-order valence-electron chi connectivity index (χ2n) is 8.90. The van der Waals surface area contributed by atoms with Crippen LogP contribution in [-0.4, -0.2) is 32.1 Å². The first kappa shape index (κ1) is 29.2. The summed E-state index contributed by atoms with van der Waals surface area (Å²) in [5, 5.41) is 5.88. The number of hydrogen-bond acceptors (Lipinski definition) is 3. The van der Waals surface area contributed by atoms with Crippen molar-refractivity contribution in [2.75, 3.05) is 26.2 Å². The van der Waals surface area contributed by atoms with Crippen LogP contribution in [0.25, 0.3) is 22.3 Å². The molecule has 4 N–H and O–H groups in total. The van der Waals surface area contributed by atoms with Crippen LogP contribution < -0.4 is 16.4 Å². The van der Waals surface area contributed by atoms with Gasteiger partial charge in [-0.3, -0.25) is 4.79 Å². The lowest BCUT2D eigenvalue weighted by Crippen LogP contribution is -2.22. The molecule has 4 nitrogen and oxygen atoms in total. The Balaban J connectivity index is 0.000000494.